The molecule has 0 aliphatic heterocycles. The lowest BCUT2D eigenvalue weighted by Crippen LogP contribution is -2.12. The van der Waals surface area contributed by atoms with E-state index in [1.165, 1.54) is 18.3 Å². The fourth-order valence-corrected chi connectivity index (χ4v) is 1.35. The summed E-state index contributed by atoms with van der Waals surface area (Å²) in [6.07, 6.45) is 3.03. The quantitative estimate of drug-likeness (QED) is 0.837. The standard InChI is InChI=1S/C11H11FN4/c1-16(9-4-2-3-8(12)5-9)11-7-14-6-10(13)15-11/h2-7H,1H3,(H2,13,15). The van der Waals surface area contributed by atoms with Crippen LogP contribution in [0.2, 0.25) is 0 Å². The van der Waals surface area contributed by atoms with Gasteiger partial charge in [0.2, 0.25) is 0 Å². The first-order valence-corrected chi connectivity index (χ1v) is 4.73. The molecule has 82 valence electrons. The third kappa shape index (κ3) is 2.08. The first-order valence-electron chi connectivity index (χ1n) is 4.73. The summed E-state index contributed by atoms with van der Waals surface area (Å²) in [5, 5.41) is 0. The Morgan fingerprint density at radius 3 is 2.81 bits per heavy atom. The number of hydrogen-bond acceptors (Lipinski definition) is 4. The van der Waals surface area contributed by atoms with Crippen LogP contribution in [0, 0.1) is 5.82 Å². The maximum Gasteiger partial charge on any atom is 0.153 e. The second kappa shape index (κ2) is 4.14. The molecule has 0 spiro atoms. The van der Waals surface area contributed by atoms with Crippen molar-refractivity contribution in [2.75, 3.05) is 17.7 Å². The smallest absolute Gasteiger partial charge is 0.153 e. The van der Waals surface area contributed by atoms with E-state index in [1.807, 2.05) is 0 Å². The maximum atomic E-state index is 13.0. The van der Waals surface area contributed by atoms with Crippen LogP contribution in [-0.2, 0) is 0 Å². The summed E-state index contributed by atoms with van der Waals surface area (Å²) in [6.45, 7) is 0. The molecule has 0 unspecified atom stereocenters. The van der Waals surface area contributed by atoms with E-state index in [0.717, 1.165) is 0 Å². The Balaban J connectivity index is 2.35. The van der Waals surface area contributed by atoms with Gasteiger partial charge in [0.1, 0.15) is 11.6 Å². The molecule has 5 heteroatoms. The average Bonchev–Trinajstić information content (AvgIpc) is 2.28. The lowest BCUT2D eigenvalue weighted by molar-refractivity contribution is 0.628. The van der Waals surface area contributed by atoms with E-state index in [2.05, 4.69) is 9.97 Å². The number of rotatable bonds is 2. The predicted molar refractivity (Wildman–Crippen MR) is 60.9 cm³/mol. The molecular formula is C11H11FN4. The minimum atomic E-state index is -0.291. The van der Waals surface area contributed by atoms with E-state index in [1.54, 1.807) is 30.3 Å². The van der Waals surface area contributed by atoms with E-state index in [4.69, 9.17) is 5.73 Å². The van der Waals surface area contributed by atoms with Crippen molar-refractivity contribution < 1.29 is 4.39 Å². The molecular weight excluding hydrogens is 207 g/mol. The van der Waals surface area contributed by atoms with Crippen molar-refractivity contribution in [3.8, 4) is 0 Å². The fourth-order valence-electron chi connectivity index (χ4n) is 1.35. The molecule has 0 amide bonds. The Hall–Kier alpha value is -2.17. The lowest BCUT2D eigenvalue weighted by Gasteiger charge is -2.17. The molecule has 2 rings (SSSR count). The molecule has 1 aromatic carbocycles. The van der Waals surface area contributed by atoms with Crippen molar-refractivity contribution in [1.82, 2.24) is 9.97 Å². The van der Waals surface area contributed by atoms with Gasteiger partial charge in [-0.25, -0.2) is 9.37 Å². The normalized spacial score (nSPS) is 10.1. The molecule has 0 aliphatic carbocycles. The zero-order chi connectivity index (χ0) is 11.5. The van der Waals surface area contributed by atoms with Crippen molar-refractivity contribution in [2.24, 2.45) is 0 Å². The minimum absolute atomic E-state index is 0.291. The van der Waals surface area contributed by atoms with Crippen molar-refractivity contribution in [2.45, 2.75) is 0 Å². The molecule has 1 aromatic heterocycles. The number of anilines is 3. The van der Waals surface area contributed by atoms with Gasteiger partial charge in [0.15, 0.2) is 5.82 Å². The van der Waals surface area contributed by atoms with Gasteiger partial charge in [-0.3, -0.25) is 4.98 Å². The van der Waals surface area contributed by atoms with Gasteiger partial charge in [0, 0.05) is 12.7 Å². The number of hydrogen-bond donors (Lipinski definition) is 1. The predicted octanol–water partition coefficient (Wildman–Crippen LogP) is 1.97. The molecule has 1 heterocycles. The molecule has 2 aromatic rings. The number of nitrogen functional groups attached to an aromatic ring is 1. The van der Waals surface area contributed by atoms with Crippen LogP contribution in [-0.4, -0.2) is 17.0 Å². The number of nitrogens with two attached hydrogens (primary N) is 1. The third-order valence-corrected chi connectivity index (χ3v) is 2.18. The third-order valence-electron chi connectivity index (χ3n) is 2.18. The molecule has 0 saturated heterocycles. The van der Waals surface area contributed by atoms with Gasteiger partial charge in [-0.1, -0.05) is 6.07 Å². The molecule has 0 fully saturated rings. The van der Waals surface area contributed by atoms with Gasteiger partial charge in [0.25, 0.3) is 0 Å². The topological polar surface area (TPSA) is 55.0 Å². The Bertz CT molecular complexity index is 455. The van der Waals surface area contributed by atoms with Crippen LogP contribution in [0.4, 0.5) is 21.7 Å². The first-order chi connectivity index (χ1) is 7.66. The summed E-state index contributed by atoms with van der Waals surface area (Å²) in [6, 6.07) is 6.24. The summed E-state index contributed by atoms with van der Waals surface area (Å²) in [7, 11) is 1.78. The van der Waals surface area contributed by atoms with Gasteiger partial charge >= 0.3 is 0 Å². The Morgan fingerprint density at radius 1 is 1.31 bits per heavy atom. The van der Waals surface area contributed by atoms with Crippen LogP contribution in [0.15, 0.2) is 36.7 Å². The van der Waals surface area contributed by atoms with Crippen molar-refractivity contribution in [1.29, 1.82) is 0 Å². The minimum Gasteiger partial charge on any atom is -0.382 e. The highest BCUT2D eigenvalue weighted by molar-refractivity contribution is 5.59. The monoisotopic (exact) mass is 218 g/mol. The highest BCUT2D eigenvalue weighted by Crippen LogP contribution is 2.21. The van der Waals surface area contributed by atoms with Crippen molar-refractivity contribution in [3.63, 3.8) is 0 Å². The van der Waals surface area contributed by atoms with Crippen LogP contribution < -0.4 is 10.6 Å². The van der Waals surface area contributed by atoms with E-state index in [-0.39, 0.29) is 5.82 Å². The fraction of sp³-hybridized carbons (Fsp3) is 0.0909. The molecule has 0 radical (unpaired) electrons. The van der Waals surface area contributed by atoms with E-state index < -0.39 is 0 Å². The van der Waals surface area contributed by atoms with Crippen LogP contribution in [0.5, 0.6) is 0 Å². The molecule has 0 saturated carbocycles. The van der Waals surface area contributed by atoms with Crippen molar-refractivity contribution in [3.05, 3.63) is 42.5 Å². The molecule has 0 aliphatic rings. The van der Waals surface area contributed by atoms with Gasteiger partial charge in [-0.15, -0.1) is 0 Å². The second-order valence-corrected chi connectivity index (χ2v) is 3.34. The zero-order valence-corrected chi connectivity index (χ0v) is 8.76. The highest BCUT2D eigenvalue weighted by Gasteiger charge is 2.06. The van der Waals surface area contributed by atoms with Crippen LogP contribution in [0.3, 0.4) is 0 Å². The molecule has 16 heavy (non-hydrogen) atoms. The Kier molecular flexibility index (Phi) is 2.68. The maximum absolute atomic E-state index is 13.0. The number of aromatic nitrogens is 2. The van der Waals surface area contributed by atoms with E-state index >= 15 is 0 Å². The molecule has 2 N–H and O–H groups in total. The Morgan fingerprint density at radius 2 is 2.12 bits per heavy atom. The summed E-state index contributed by atoms with van der Waals surface area (Å²) < 4.78 is 13.0. The van der Waals surface area contributed by atoms with Crippen LogP contribution in [0.1, 0.15) is 0 Å². The highest BCUT2D eigenvalue weighted by atomic mass is 19.1. The molecule has 0 atom stereocenters. The number of halogens is 1. The van der Waals surface area contributed by atoms with Crippen LogP contribution >= 0.6 is 0 Å². The van der Waals surface area contributed by atoms with Crippen molar-refractivity contribution >= 4 is 17.3 Å². The molecule has 0 bridgehead atoms. The summed E-state index contributed by atoms with van der Waals surface area (Å²) in [5.41, 5.74) is 6.22. The lowest BCUT2D eigenvalue weighted by atomic mass is 10.3. The van der Waals surface area contributed by atoms with Gasteiger partial charge < -0.3 is 10.6 Å². The SMILES string of the molecule is CN(c1cccc(F)c1)c1cncc(N)n1. The van der Waals surface area contributed by atoms with Gasteiger partial charge in [-0.2, -0.15) is 0 Å². The van der Waals surface area contributed by atoms with Crippen LogP contribution in [0.25, 0.3) is 0 Å². The Labute approximate surface area is 92.6 Å². The second-order valence-electron chi connectivity index (χ2n) is 3.34. The summed E-state index contributed by atoms with van der Waals surface area (Å²) >= 11 is 0. The van der Waals surface area contributed by atoms with E-state index in [9.17, 15) is 4.39 Å². The largest absolute Gasteiger partial charge is 0.382 e. The summed E-state index contributed by atoms with van der Waals surface area (Å²) in [5.74, 6) is 0.618. The first kappa shape index (κ1) is 10.4. The van der Waals surface area contributed by atoms with Gasteiger partial charge in [0.05, 0.1) is 12.4 Å². The van der Waals surface area contributed by atoms with Gasteiger partial charge in [-0.05, 0) is 18.2 Å². The number of benzene rings is 1. The summed E-state index contributed by atoms with van der Waals surface area (Å²) in [4.78, 5) is 9.74. The zero-order valence-electron chi connectivity index (χ0n) is 8.76. The average molecular weight is 218 g/mol. The van der Waals surface area contributed by atoms with E-state index in [0.29, 0.717) is 17.3 Å². The molecule has 4 nitrogen and oxygen atoms in total. The number of nitrogens with zero attached hydrogens (tertiary/aromatic N) is 3.